The van der Waals surface area contributed by atoms with Gasteiger partial charge in [-0.1, -0.05) is 6.92 Å². The lowest BCUT2D eigenvalue weighted by molar-refractivity contribution is 0.00949. The van der Waals surface area contributed by atoms with E-state index in [4.69, 9.17) is 9.47 Å². The van der Waals surface area contributed by atoms with Crippen LogP contribution in [0.1, 0.15) is 19.8 Å². The zero-order chi connectivity index (χ0) is 12.5. The minimum absolute atomic E-state index is 0.211. The summed E-state index contributed by atoms with van der Waals surface area (Å²) in [5, 5.41) is 3.51. The van der Waals surface area contributed by atoms with Gasteiger partial charge in [0, 0.05) is 27.3 Å². The summed E-state index contributed by atoms with van der Waals surface area (Å²) in [5.41, 5.74) is 0. The molecule has 102 valence electrons. The van der Waals surface area contributed by atoms with Gasteiger partial charge in [-0.3, -0.25) is 0 Å². The molecule has 1 fully saturated rings. The predicted molar refractivity (Wildman–Crippen MR) is 70.4 cm³/mol. The molecule has 0 saturated carbocycles. The van der Waals surface area contributed by atoms with Crippen molar-refractivity contribution in [2.24, 2.45) is 5.92 Å². The van der Waals surface area contributed by atoms with E-state index in [9.17, 15) is 0 Å². The lowest BCUT2D eigenvalue weighted by Gasteiger charge is -2.22. The molecular weight excluding hydrogens is 216 g/mol. The molecule has 0 bridgehead atoms. The SMILES string of the molecule is CCCNCC1CCN(CC(COC)OC)C1. The van der Waals surface area contributed by atoms with E-state index >= 15 is 0 Å². The monoisotopic (exact) mass is 244 g/mol. The first-order chi connectivity index (χ1) is 8.30. The number of hydrogen-bond donors (Lipinski definition) is 1. The Hall–Kier alpha value is -0.160. The molecule has 1 aliphatic rings. The fourth-order valence-corrected chi connectivity index (χ4v) is 2.40. The summed E-state index contributed by atoms with van der Waals surface area (Å²) < 4.78 is 10.6. The molecule has 1 aliphatic heterocycles. The van der Waals surface area contributed by atoms with Crippen LogP contribution in [0, 0.1) is 5.92 Å². The van der Waals surface area contributed by atoms with Crippen LogP contribution in [0.4, 0.5) is 0 Å². The summed E-state index contributed by atoms with van der Waals surface area (Å²) >= 11 is 0. The molecule has 1 rings (SSSR count). The van der Waals surface area contributed by atoms with E-state index in [1.165, 1.54) is 25.9 Å². The van der Waals surface area contributed by atoms with E-state index in [0.717, 1.165) is 25.6 Å². The van der Waals surface area contributed by atoms with Gasteiger partial charge >= 0.3 is 0 Å². The van der Waals surface area contributed by atoms with Crippen molar-refractivity contribution in [2.75, 3.05) is 53.6 Å². The molecule has 0 aromatic rings. The highest BCUT2D eigenvalue weighted by atomic mass is 16.5. The van der Waals surface area contributed by atoms with Crippen LogP contribution in [0.5, 0.6) is 0 Å². The van der Waals surface area contributed by atoms with Gasteiger partial charge in [-0.25, -0.2) is 0 Å². The van der Waals surface area contributed by atoms with Gasteiger partial charge < -0.3 is 19.7 Å². The first-order valence-electron chi connectivity index (χ1n) is 6.75. The Labute approximate surface area is 106 Å². The normalized spacial score (nSPS) is 23.1. The number of methoxy groups -OCH3 is 2. The molecule has 0 spiro atoms. The van der Waals surface area contributed by atoms with E-state index in [1.54, 1.807) is 14.2 Å². The molecular formula is C13H28N2O2. The van der Waals surface area contributed by atoms with Gasteiger partial charge in [0.2, 0.25) is 0 Å². The Bertz CT molecular complexity index is 190. The van der Waals surface area contributed by atoms with Crippen LogP contribution in [0.2, 0.25) is 0 Å². The Morgan fingerprint density at radius 1 is 1.41 bits per heavy atom. The van der Waals surface area contributed by atoms with Gasteiger partial charge in [-0.05, 0) is 38.4 Å². The smallest absolute Gasteiger partial charge is 0.0931 e. The highest BCUT2D eigenvalue weighted by Crippen LogP contribution is 2.16. The lowest BCUT2D eigenvalue weighted by Crippen LogP contribution is -2.35. The third-order valence-corrected chi connectivity index (χ3v) is 3.38. The zero-order valence-electron chi connectivity index (χ0n) is 11.6. The number of ether oxygens (including phenoxy) is 2. The van der Waals surface area contributed by atoms with Gasteiger partial charge in [0.05, 0.1) is 12.7 Å². The minimum Gasteiger partial charge on any atom is -0.382 e. The van der Waals surface area contributed by atoms with Crippen LogP contribution >= 0.6 is 0 Å². The van der Waals surface area contributed by atoms with Crippen molar-refractivity contribution in [3.05, 3.63) is 0 Å². The van der Waals surface area contributed by atoms with Crippen molar-refractivity contribution >= 4 is 0 Å². The quantitative estimate of drug-likeness (QED) is 0.613. The molecule has 4 nitrogen and oxygen atoms in total. The molecule has 2 unspecified atom stereocenters. The number of nitrogens with zero attached hydrogens (tertiary/aromatic N) is 1. The van der Waals surface area contributed by atoms with Crippen molar-refractivity contribution in [1.29, 1.82) is 0 Å². The number of nitrogens with one attached hydrogen (secondary N) is 1. The van der Waals surface area contributed by atoms with Crippen molar-refractivity contribution in [3.8, 4) is 0 Å². The maximum atomic E-state index is 5.40. The number of rotatable bonds is 9. The van der Waals surface area contributed by atoms with E-state index in [-0.39, 0.29) is 6.10 Å². The first kappa shape index (κ1) is 14.9. The predicted octanol–water partition coefficient (Wildman–Crippen LogP) is 0.969. The van der Waals surface area contributed by atoms with Crippen LogP contribution < -0.4 is 5.32 Å². The van der Waals surface area contributed by atoms with Gasteiger partial charge in [-0.2, -0.15) is 0 Å². The second-order valence-electron chi connectivity index (χ2n) is 4.93. The summed E-state index contributed by atoms with van der Waals surface area (Å²) in [6.07, 6.45) is 2.73. The summed E-state index contributed by atoms with van der Waals surface area (Å²) in [7, 11) is 3.49. The lowest BCUT2D eigenvalue weighted by atomic mass is 10.1. The maximum absolute atomic E-state index is 5.40. The Morgan fingerprint density at radius 3 is 2.88 bits per heavy atom. The largest absolute Gasteiger partial charge is 0.382 e. The Kier molecular flexibility index (Phi) is 7.77. The Morgan fingerprint density at radius 2 is 2.24 bits per heavy atom. The summed E-state index contributed by atoms with van der Waals surface area (Å²) in [5.74, 6) is 0.807. The third-order valence-electron chi connectivity index (χ3n) is 3.38. The van der Waals surface area contributed by atoms with Crippen LogP contribution in [0.15, 0.2) is 0 Å². The van der Waals surface area contributed by atoms with Gasteiger partial charge in [0.25, 0.3) is 0 Å². The van der Waals surface area contributed by atoms with E-state index in [0.29, 0.717) is 6.61 Å². The van der Waals surface area contributed by atoms with Crippen LogP contribution in [-0.4, -0.2) is 64.6 Å². The summed E-state index contributed by atoms with van der Waals surface area (Å²) in [4.78, 5) is 2.49. The van der Waals surface area contributed by atoms with Gasteiger partial charge in [0.15, 0.2) is 0 Å². The Balaban J connectivity index is 2.15. The van der Waals surface area contributed by atoms with Crippen molar-refractivity contribution in [3.63, 3.8) is 0 Å². The van der Waals surface area contributed by atoms with Crippen LogP contribution in [0.3, 0.4) is 0 Å². The number of hydrogen-bond acceptors (Lipinski definition) is 4. The molecule has 1 N–H and O–H groups in total. The first-order valence-corrected chi connectivity index (χ1v) is 6.75. The highest BCUT2D eigenvalue weighted by Gasteiger charge is 2.24. The second-order valence-corrected chi connectivity index (χ2v) is 4.93. The molecule has 0 aromatic carbocycles. The number of likely N-dealkylation sites (tertiary alicyclic amines) is 1. The maximum Gasteiger partial charge on any atom is 0.0931 e. The zero-order valence-corrected chi connectivity index (χ0v) is 11.6. The fourth-order valence-electron chi connectivity index (χ4n) is 2.40. The average Bonchev–Trinajstić information content (AvgIpc) is 2.77. The third kappa shape index (κ3) is 5.82. The summed E-state index contributed by atoms with van der Waals surface area (Å²) in [6.45, 7) is 8.58. The van der Waals surface area contributed by atoms with E-state index in [1.807, 2.05) is 0 Å². The standard InChI is InChI=1S/C13H28N2O2/c1-4-6-14-8-12-5-7-15(9-12)10-13(17-3)11-16-2/h12-14H,4-11H2,1-3H3. The second kappa shape index (κ2) is 8.86. The molecule has 2 atom stereocenters. The molecule has 0 aromatic heterocycles. The van der Waals surface area contributed by atoms with Crippen LogP contribution in [0.25, 0.3) is 0 Å². The topological polar surface area (TPSA) is 33.7 Å². The molecule has 0 amide bonds. The minimum atomic E-state index is 0.211. The van der Waals surface area contributed by atoms with Crippen molar-refractivity contribution in [1.82, 2.24) is 10.2 Å². The molecule has 1 saturated heterocycles. The molecule has 4 heteroatoms. The van der Waals surface area contributed by atoms with Crippen LogP contribution in [-0.2, 0) is 9.47 Å². The summed E-state index contributed by atoms with van der Waals surface area (Å²) in [6, 6.07) is 0. The van der Waals surface area contributed by atoms with E-state index < -0.39 is 0 Å². The molecule has 0 aliphatic carbocycles. The van der Waals surface area contributed by atoms with Crippen molar-refractivity contribution in [2.45, 2.75) is 25.9 Å². The van der Waals surface area contributed by atoms with Gasteiger partial charge in [0.1, 0.15) is 0 Å². The fraction of sp³-hybridized carbons (Fsp3) is 1.00. The molecule has 0 radical (unpaired) electrons. The van der Waals surface area contributed by atoms with Crippen molar-refractivity contribution < 1.29 is 9.47 Å². The average molecular weight is 244 g/mol. The molecule has 17 heavy (non-hydrogen) atoms. The molecule has 1 heterocycles. The van der Waals surface area contributed by atoms with Gasteiger partial charge in [-0.15, -0.1) is 0 Å². The van der Waals surface area contributed by atoms with E-state index in [2.05, 4.69) is 17.1 Å². The highest BCUT2D eigenvalue weighted by molar-refractivity contribution is 4.79.